The summed E-state index contributed by atoms with van der Waals surface area (Å²) in [5, 5.41) is 3.32. The Labute approximate surface area is 120 Å². The van der Waals surface area contributed by atoms with Crippen molar-refractivity contribution >= 4 is 28.4 Å². The molecule has 0 aliphatic heterocycles. The third kappa shape index (κ3) is 3.75. The normalized spacial score (nSPS) is 16.6. The molecular weight excluding hydrogens is 344 g/mol. The number of benzene rings is 1. The van der Waals surface area contributed by atoms with E-state index in [1.54, 1.807) is 13.0 Å². The van der Waals surface area contributed by atoms with Gasteiger partial charge in [0.2, 0.25) is 0 Å². The second-order valence-corrected chi connectivity index (χ2v) is 6.10. The van der Waals surface area contributed by atoms with E-state index in [0.29, 0.717) is 10.1 Å². The molecule has 0 heterocycles. The van der Waals surface area contributed by atoms with Crippen LogP contribution in [0.15, 0.2) is 18.2 Å². The average molecular weight is 361 g/mol. The van der Waals surface area contributed by atoms with Gasteiger partial charge in [-0.2, -0.15) is 0 Å². The predicted octanol–water partition coefficient (Wildman–Crippen LogP) is 3.10. The van der Waals surface area contributed by atoms with Gasteiger partial charge in [-0.15, -0.1) is 0 Å². The summed E-state index contributed by atoms with van der Waals surface area (Å²) in [5.74, 6) is 0.377. The van der Waals surface area contributed by atoms with Crippen molar-refractivity contribution in [1.29, 1.82) is 0 Å². The summed E-state index contributed by atoms with van der Waals surface area (Å²) in [4.78, 5) is 11.7. The summed E-state index contributed by atoms with van der Waals surface area (Å²) in [7, 11) is 0. The molecule has 4 heteroatoms. The van der Waals surface area contributed by atoms with Crippen LogP contribution in [0, 0.1) is 15.3 Å². The zero-order valence-corrected chi connectivity index (χ0v) is 12.5. The van der Waals surface area contributed by atoms with Gasteiger partial charge in [-0.25, -0.2) is 4.39 Å². The van der Waals surface area contributed by atoms with Gasteiger partial charge >= 0.3 is 0 Å². The molecule has 0 spiro atoms. The van der Waals surface area contributed by atoms with Crippen LogP contribution in [-0.2, 0) is 4.79 Å². The number of hydrogen-bond acceptors (Lipinski definition) is 2. The fourth-order valence-electron chi connectivity index (χ4n) is 1.98. The molecule has 0 saturated heterocycles. The molecule has 1 N–H and O–H groups in total. The van der Waals surface area contributed by atoms with Gasteiger partial charge in [0.1, 0.15) is 11.6 Å². The Balaban J connectivity index is 2.02. The molecule has 1 fully saturated rings. The minimum absolute atomic E-state index is 0.0823. The summed E-state index contributed by atoms with van der Waals surface area (Å²) < 4.78 is 14.1. The molecular formula is C14H17FINO. The second kappa shape index (κ2) is 6.10. The first-order valence-corrected chi connectivity index (χ1v) is 7.32. The lowest BCUT2D eigenvalue weighted by atomic mass is 9.95. The summed E-state index contributed by atoms with van der Waals surface area (Å²) in [6.45, 7) is 3.14. The largest absolute Gasteiger partial charge is 0.315 e. The SMILES string of the molecule is CC(=O)[C@H](CNCC1CC1)c1ccc(I)c(F)c1. The Hall–Kier alpha value is -0.490. The van der Waals surface area contributed by atoms with E-state index in [4.69, 9.17) is 0 Å². The minimum Gasteiger partial charge on any atom is -0.315 e. The number of rotatable bonds is 6. The van der Waals surface area contributed by atoms with Gasteiger partial charge < -0.3 is 5.32 Å². The van der Waals surface area contributed by atoms with E-state index in [-0.39, 0.29) is 17.5 Å². The monoisotopic (exact) mass is 361 g/mol. The molecule has 1 aliphatic carbocycles. The number of nitrogens with one attached hydrogen (secondary N) is 1. The molecule has 0 bridgehead atoms. The maximum atomic E-state index is 13.5. The van der Waals surface area contributed by atoms with Gasteiger partial charge in [-0.3, -0.25) is 4.79 Å². The van der Waals surface area contributed by atoms with Gasteiger partial charge in [-0.05, 0) is 72.5 Å². The summed E-state index contributed by atoms with van der Waals surface area (Å²) in [6.07, 6.45) is 2.58. The Bertz CT molecular complexity index is 445. The van der Waals surface area contributed by atoms with Crippen LogP contribution in [0.25, 0.3) is 0 Å². The highest BCUT2D eigenvalue weighted by Gasteiger charge is 2.22. The zero-order valence-electron chi connectivity index (χ0n) is 10.4. The molecule has 2 nitrogen and oxygen atoms in total. The fraction of sp³-hybridized carbons (Fsp3) is 0.500. The summed E-state index contributed by atoms with van der Waals surface area (Å²) >= 11 is 1.95. The predicted molar refractivity (Wildman–Crippen MR) is 78.1 cm³/mol. The number of halogens is 2. The van der Waals surface area contributed by atoms with Crippen LogP contribution < -0.4 is 5.32 Å². The molecule has 98 valence electrons. The van der Waals surface area contributed by atoms with Crippen molar-refractivity contribution in [3.63, 3.8) is 0 Å². The van der Waals surface area contributed by atoms with Crippen LogP contribution in [0.5, 0.6) is 0 Å². The van der Waals surface area contributed by atoms with E-state index in [9.17, 15) is 9.18 Å². The first kappa shape index (κ1) is 13.9. The van der Waals surface area contributed by atoms with Gasteiger partial charge in [0, 0.05) is 10.1 Å². The van der Waals surface area contributed by atoms with Crippen LogP contribution in [0.2, 0.25) is 0 Å². The van der Waals surface area contributed by atoms with E-state index in [2.05, 4.69) is 5.32 Å². The van der Waals surface area contributed by atoms with Crippen molar-refractivity contribution in [2.45, 2.75) is 25.7 Å². The lowest BCUT2D eigenvalue weighted by Crippen LogP contribution is -2.27. The summed E-state index contributed by atoms with van der Waals surface area (Å²) in [5.41, 5.74) is 0.767. The van der Waals surface area contributed by atoms with Crippen LogP contribution in [0.1, 0.15) is 31.2 Å². The Morgan fingerprint density at radius 2 is 2.28 bits per heavy atom. The molecule has 1 saturated carbocycles. The lowest BCUT2D eigenvalue weighted by Gasteiger charge is -2.15. The molecule has 1 aliphatic rings. The zero-order chi connectivity index (χ0) is 13.1. The van der Waals surface area contributed by atoms with Crippen molar-refractivity contribution in [3.05, 3.63) is 33.1 Å². The minimum atomic E-state index is -0.249. The van der Waals surface area contributed by atoms with E-state index < -0.39 is 0 Å². The Morgan fingerprint density at radius 1 is 1.56 bits per heavy atom. The van der Waals surface area contributed by atoms with E-state index >= 15 is 0 Å². The van der Waals surface area contributed by atoms with E-state index in [1.165, 1.54) is 18.9 Å². The molecule has 1 aromatic rings. The number of hydrogen-bond donors (Lipinski definition) is 1. The topological polar surface area (TPSA) is 29.1 Å². The van der Waals surface area contributed by atoms with Gasteiger partial charge in [0.05, 0.1) is 5.92 Å². The highest BCUT2D eigenvalue weighted by Crippen LogP contribution is 2.28. The molecule has 1 aromatic carbocycles. The standard InChI is InChI=1S/C14H17FINO/c1-9(18)12(8-17-7-10-2-3-10)11-4-5-14(16)13(15)6-11/h4-6,10,12,17H,2-3,7-8H2,1H3/t12-/m0/s1. The fourth-order valence-corrected chi connectivity index (χ4v) is 2.31. The Kier molecular flexibility index (Phi) is 4.72. The van der Waals surface area contributed by atoms with Crippen LogP contribution in [0.3, 0.4) is 0 Å². The number of carbonyl (C=O) groups excluding carboxylic acids is 1. The average Bonchev–Trinajstić information content (AvgIpc) is 3.12. The first-order valence-electron chi connectivity index (χ1n) is 6.24. The van der Waals surface area contributed by atoms with Crippen molar-refractivity contribution < 1.29 is 9.18 Å². The third-order valence-electron chi connectivity index (χ3n) is 3.32. The number of carbonyl (C=O) groups is 1. The van der Waals surface area contributed by atoms with Crippen LogP contribution >= 0.6 is 22.6 Å². The van der Waals surface area contributed by atoms with Gasteiger partial charge in [0.25, 0.3) is 0 Å². The highest BCUT2D eigenvalue weighted by molar-refractivity contribution is 14.1. The molecule has 2 rings (SSSR count). The Morgan fingerprint density at radius 3 is 2.83 bits per heavy atom. The van der Waals surface area contributed by atoms with Crippen LogP contribution in [0.4, 0.5) is 4.39 Å². The van der Waals surface area contributed by atoms with E-state index in [1.807, 2.05) is 28.7 Å². The first-order chi connectivity index (χ1) is 8.58. The quantitative estimate of drug-likeness (QED) is 0.789. The molecule has 0 amide bonds. The molecule has 0 radical (unpaired) electrons. The molecule has 1 atom stereocenters. The summed E-state index contributed by atoms with van der Waals surface area (Å²) in [6, 6.07) is 5.05. The molecule has 18 heavy (non-hydrogen) atoms. The van der Waals surface area contributed by atoms with Crippen molar-refractivity contribution in [1.82, 2.24) is 5.32 Å². The van der Waals surface area contributed by atoms with Gasteiger partial charge in [0.15, 0.2) is 0 Å². The second-order valence-electron chi connectivity index (χ2n) is 4.94. The molecule has 0 unspecified atom stereocenters. The van der Waals surface area contributed by atoms with Crippen LogP contribution in [-0.4, -0.2) is 18.9 Å². The highest BCUT2D eigenvalue weighted by atomic mass is 127. The lowest BCUT2D eigenvalue weighted by molar-refractivity contribution is -0.118. The number of Topliss-reactive ketones (excluding diaryl/α,β-unsaturated/α-hetero) is 1. The van der Waals surface area contributed by atoms with Crippen molar-refractivity contribution in [2.75, 3.05) is 13.1 Å². The van der Waals surface area contributed by atoms with Crippen molar-refractivity contribution in [2.24, 2.45) is 5.92 Å². The molecule has 0 aromatic heterocycles. The number of ketones is 1. The van der Waals surface area contributed by atoms with E-state index in [0.717, 1.165) is 18.0 Å². The maximum Gasteiger partial charge on any atom is 0.138 e. The smallest absolute Gasteiger partial charge is 0.138 e. The van der Waals surface area contributed by atoms with Crippen molar-refractivity contribution in [3.8, 4) is 0 Å². The third-order valence-corrected chi connectivity index (χ3v) is 4.19. The maximum absolute atomic E-state index is 13.5. The van der Waals surface area contributed by atoms with Gasteiger partial charge in [-0.1, -0.05) is 6.07 Å².